The Morgan fingerprint density at radius 2 is 2.25 bits per heavy atom. The second-order valence-electron chi connectivity index (χ2n) is 7.42. The first kappa shape index (κ1) is 20.6. The summed E-state index contributed by atoms with van der Waals surface area (Å²) in [6.45, 7) is 7.33. The van der Waals surface area contributed by atoms with Gasteiger partial charge in [0, 0.05) is 38.3 Å². The van der Waals surface area contributed by atoms with Crippen molar-refractivity contribution in [3.8, 4) is 0 Å². The Hall–Kier alpha value is -2.12. The van der Waals surface area contributed by atoms with Crippen molar-refractivity contribution in [2.45, 2.75) is 38.3 Å². The monoisotopic (exact) mass is 387 g/mol. The molecule has 0 saturated carbocycles. The molecule has 2 unspecified atom stereocenters. The van der Waals surface area contributed by atoms with E-state index in [2.05, 4.69) is 27.8 Å². The van der Waals surface area contributed by atoms with Gasteiger partial charge in [0.05, 0.1) is 19.3 Å². The van der Waals surface area contributed by atoms with Gasteiger partial charge in [0.25, 0.3) is 5.91 Å². The van der Waals surface area contributed by atoms with Gasteiger partial charge < -0.3 is 20.7 Å². The van der Waals surface area contributed by atoms with Crippen LogP contribution in [0, 0.1) is 0 Å². The van der Waals surface area contributed by atoms with Crippen molar-refractivity contribution in [1.29, 1.82) is 0 Å². The maximum Gasteiger partial charge on any atom is 0.251 e. The van der Waals surface area contributed by atoms with Crippen LogP contribution in [0.4, 0.5) is 0 Å². The number of hydrogen-bond acceptors (Lipinski definition) is 4. The summed E-state index contributed by atoms with van der Waals surface area (Å²) in [7, 11) is 1.65. The maximum atomic E-state index is 11.8. The summed E-state index contributed by atoms with van der Waals surface area (Å²) in [5.41, 5.74) is 1.82. The third-order valence-corrected chi connectivity index (χ3v) is 5.38. The largest absolute Gasteiger partial charge is 0.373 e. The first-order valence-corrected chi connectivity index (χ1v) is 10.4. The van der Waals surface area contributed by atoms with Crippen LogP contribution in [-0.4, -0.2) is 75.3 Å². The summed E-state index contributed by atoms with van der Waals surface area (Å²) in [6.07, 6.45) is 3.55. The highest BCUT2D eigenvalue weighted by atomic mass is 16.5. The maximum absolute atomic E-state index is 11.8. The first-order chi connectivity index (χ1) is 13.7. The zero-order valence-electron chi connectivity index (χ0n) is 17.0. The molecule has 3 rings (SSSR count). The Morgan fingerprint density at radius 3 is 3.07 bits per heavy atom. The number of rotatable bonds is 7. The van der Waals surface area contributed by atoms with Crippen LogP contribution in [0.25, 0.3) is 0 Å². The Kier molecular flexibility index (Phi) is 7.68. The van der Waals surface area contributed by atoms with Gasteiger partial charge in [-0.15, -0.1) is 0 Å². The molecule has 0 aromatic heterocycles. The molecule has 2 fully saturated rings. The molecular formula is C21H33N5O2. The van der Waals surface area contributed by atoms with Crippen molar-refractivity contribution in [2.75, 3.05) is 46.4 Å². The average Bonchev–Trinajstić information content (AvgIpc) is 3.19. The molecule has 3 N–H and O–H groups in total. The van der Waals surface area contributed by atoms with Gasteiger partial charge in [-0.1, -0.05) is 12.1 Å². The van der Waals surface area contributed by atoms with E-state index in [1.807, 2.05) is 24.3 Å². The topological polar surface area (TPSA) is 78.0 Å². The standard InChI is InChI=1S/C21H33N5O2/c1-3-23-21(25-13-19-14-26-11-5-8-18(26)15-28-19)24-10-9-16-6-4-7-17(12-16)20(27)22-2/h4,6-7,12,18-19H,3,5,8-11,13-15H2,1-2H3,(H,22,27)(H2,23,24,25). The van der Waals surface area contributed by atoms with Crippen LogP contribution in [0.3, 0.4) is 0 Å². The number of carbonyl (C=O) groups is 1. The number of hydrogen-bond donors (Lipinski definition) is 3. The van der Waals surface area contributed by atoms with Gasteiger partial charge in [0.15, 0.2) is 5.96 Å². The number of amides is 1. The van der Waals surface area contributed by atoms with Crippen LogP contribution in [-0.2, 0) is 11.2 Å². The van der Waals surface area contributed by atoms with E-state index in [-0.39, 0.29) is 12.0 Å². The lowest BCUT2D eigenvalue weighted by Crippen LogP contribution is -2.47. The van der Waals surface area contributed by atoms with Gasteiger partial charge >= 0.3 is 0 Å². The van der Waals surface area contributed by atoms with Crippen molar-refractivity contribution >= 4 is 11.9 Å². The van der Waals surface area contributed by atoms with E-state index in [9.17, 15) is 4.79 Å². The highest BCUT2D eigenvalue weighted by Gasteiger charge is 2.31. The molecule has 7 heteroatoms. The number of benzene rings is 1. The van der Waals surface area contributed by atoms with Crippen molar-refractivity contribution in [2.24, 2.45) is 4.99 Å². The molecule has 1 aromatic rings. The lowest BCUT2D eigenvalue weighted by molar-refractivity contribution is -0.0432. The molecule has 1 amide bonds. The molecular weight excluding hydrogens is 354 g/mol. The highest BCUT2D eigenvalue weighted by Crippen LogP contribution is 2.22. The molecule has 28 heavy (non-hydrogen) atoms. The summed E-state index contributed by atoms with van der Waals surface area (Å²) in [5, 5.41) is 9.35. The normalized spacial score (nSPS) is 22.6. The molecule has 2 aliphatic heterocycles. The number of guanidine groups is 1. The fourth-order valence-corrected chi connectivity index (χ4v) is 3.87. The first-order valence-electron chi connectivity index (χ1n) is 10.4. The quantitative estimate of drug-likeness (QED) is 0.481. The Morgan fingerprint density at radius 1 is 1.36 bits per heavy atom. The molecule has 2 heterocycles. The number of nitrogens with zero attached hydrogens (tertiary/aromatic N) is 2. The minimum Gasteiger partial charge on any atom is -0.373 e. The third-order valence-electron chi connectivity index (χ3n) is 5.38. The van der Waals surface area contributed by atoms with Gasteiger partial charge in [-0.3, -0.25) is 14.7 Å². The SMILES string of the molecule is CCNC(=NCC1CN2CCCC2CO1)NCCc1cccc(C(=O)NC)c1. The number of fused-ring (bicyclic) bond motifs is 1. The fraction of sp³-hybridized carbons (Fsp3) is 0.619. The predicted octanol–water partition coefficient (Wildman–Crippen LogP) is 1.01. The van der Waals surface area contributed by atoms with Gasteiger partial charge in [-0.05, 0) is 50.4 Å². The van der Waals surface area contributed by atoms with E-state index in [0.29, 0.717) is 18.2 Å². The summed E-state index contributed by atoms with van der Waals surface area (Å²) in [4.78, 5) is 19.0. The zero-order valence-corrected chi connectivity index (χ0v) is 17.0. The Balaban J connectivity index is 1.47. The lowest BCUT2D eigenvalue weighted by atomic mass is 10.1. The molecule has 0 aliphatic carbocycles. The van der Waals surface area contributed by atoms with Crippen LogP contribution >= 0.6 is 0 Å². The summed E-state index contributed by atoms with van der Waals surface area (Å²) in [6, 6.07) is 8.35. The molecule has 2 atom stereocenters. The number of carbonyl (C=O) groups excluding carboxylic acids is 1. The van der Waals surface area contributed by atoms with Crippen molar-refractivity contribution in [3.63, 3.8) is 0 Å². The lowest BCUT2D eigenvalue weighted by Gasteiger charge is -2.34. The van der Waals surface area contributed by atoms with Crippen LogP contribution in [0.5, 0.6) is 0 Å². The molecule has 1 aromatic carbocycles. The van der Waals surface area contributed by atoms with Crippen LogP contribution < -0.4 is 16.0 Å². The number of morpholine rings is 1. The predicted molar refractivity (Wildman–Crippen MR) is 112 cm³/mol. The number of nitrogens with one attached hydrogen (secondary N) is 3. The number of ether oxygens (including phenoxy) is 1. The van der Waals surface area contributed by atoms with E-state index >= 15 is 0 Å². The average molecular weight is 388 g/mol. The molecule has 7 nitrogen and oxygen atoms in total. The molecule has 0 radical (unpaired) electrons. The molecule has 0 spiro atoms. The van der Waals surface area contributed by atoms with Gasteiger partial charge in [0.2, 0.25) is 0 Å². The van der Waals surface area contributed by atoms with Gasteiger partial charge in [0.1, 0.15) is 0 Å². The van der Waals surface area contributed by atoms with E-state index in [4.69, 9.17) is 9.73 Å². The van der Waals surface area contributed by atoms with Crippen molar-refractivity contribution in [1.82, 2.24) is 20.9 Å². The summed E-state index contributed by atoms with van der Waals surface area (Å²) in [5.74, 6) is 0.759. The van der Waals surface area contributed by atoms with Crippen molar-refractivity contribution in [3.05, 3.63) is 35.4 Å². The Bertz CT molecular complexity index is 679. The van der Waals surface area contributed by atoms with Crippen molar-refractivity contribution < 1.29 is 9.53 Å². The van der Waals surface area contributed by atoms with Crippen LogP contribution in [0.2, 0.25) is 0 Å². The van der Waals surface area contributed by atoms with E-state index in [1.54, 1.807) is 7.05 Å². The zero-order chi connectivity index (χ0) is 19.8. The van der Waals surface area contributed by atoms with Gasteiger partial charge in [-0.25, -0.2) is 0 Å². The molecule has 2 saturated heterocycles. The summed E-state index contributed by atoms with van der Waals surface area (Å²) < 4.78 is 6.00. The fourth-order valence-electron chi connectivity index (χ4n) is 3.87. The Labute approximate surface area is 167 Å². The highest BCUT2D eigenvalue weighted by molar-refractivity contribution is 5.94. The smallest absolute Gasteiger partial charge is 0.251 e. The van der Waals surface area contributed by atoms with E-state index in [0.717, 1.165) is 44.2 Å². The summed E-state index contributed by atoms with van der Waals surface area (Å²) >= 11 is 0. The second-order valence-corrected chi connectivity index (χ2v) is 7.42. The van der Waals surface area contributed by atoms with Gasteiger partial charge in [-0.2, -0.15) is 0 Å². The second kappa shape index (κ2) is 10.4. The minimum atomic E-state index is -0.0579. The molecule has 0 bridgehead atoms. The molecule has 2 aliphatic rings. The third kappa shape index (κ3) is 5.69. The number of aliphatic imine (C=N–C) groups is 1. The van der Waals surface area contributed by atoms with Crippen LogP contribution in [0.1, 0.15) is 35.7 Å². The van der Waals surface area contributed by atoms with E-state index in [1.165, 1.54) is 19.4 Å². The minimum absolute atomic E-state index is 0.0579. The molecule has 154 valence electrons. The van der Waals surface area contributed by atoms with E-state index < -0.39 is 0 Å². The van der Waals surface area contributed by atoms with Crippen LogP contribution in [0.15, 0.2) is 29.3 Å².